The third-order valence-electron chi connectivity index (χ3n) is 3.37. The van der Waals surface area contributed by atoms with Crippen LogP contribution < -0.4 is 0 Å². The number of fused-ring (bicyclic) bond motifs is 1. The van der Waals surface area contributed by atoms with Crippen molar-refractivity contribution in [1.82, 2.24) is 5.01 Å². The molecule has 0 unspecified atom stereocenters. The summed E-state index contributed by atoms with van der Waals surface area (Å²) in [7, 11) is 0. The van der Waals surface area contributed by atoms with Crippen LogP contribution in [-0.4, -0.2) is 33.1 Å². The third kappa shape index (κ3) is 2.48. The van der Waals surface area contributed by atoms with Gasteiger partial charge in [-0.3, -0.25) is 19.7 Å². The monoisotopic (exact) mass is 345 g/mol. The number of phenolic OH excluding ortho intramolecular Hbond substituents is 1. The maximum absolute atomic E-state index is 12.1. The average Bonchev–Trinajstić information content (AvgIpc) is 2.79. The molecular weight excluding hydrogens is 338 g/mol. The van der Waals surface area contributed by atoms with E-state index in [0.29, 0.717) is 5.01 Å². The van der Waals surface area contributed by atoms with Gasteiger partial charge in [0.15, 0.2) is 0 Å². The first-order valence-corrected chi connectivity index (χ1v) is 6.96. The summed E-state index contributed by atoms with van der Waals surface area (Å²) in [5, 5.41) is 25.1. The number of benzene rings is 2. The van der Waals surface area contributed by atoms with Crippen molar-refractivity contribution < 1.29 is 19.6 Å². The Labute approximate surface area is 139 Å². The van der Waals surface area contributed by atoms with Gasteiger partial charge in [-0.25, -0.2) is 0 Å². The summed E-state index contributed by atoms with van der Waals surface area (Å²) in [6, 6.07) is 8.42. The van der Waals surface area contributed by atoms with Crippen molar-refractivity contribution >= 4 is 35.3 Å². The SMILES string of the molecule is O=C1c2ccccc2C(=O)N1N=Cc1cc(Cl)cc([N+](=O)[O-])c1O. The van der Waals surface area contributed by atoms with Crippen LogP contribution in [0.1, 0.15) is 26.3 Å². The molecule has 24 heavy (non-hydrogen) atoms. The second-order valence-electron chi connectivity index (χ2n) is 4.83. The van der Waals surface area contributed by atoms with E-state index < -0.39 is 28.2 Å². The lowest BCUT2D eigenvalue weighted by Crippen LogP contribution is -2.24. The molecule has 1 aliphatic rings. The number of nitro benzene ring substituents is 1. The lowest BCUT2D eigenvalue weighted by Gasteiger charge is -2.06. The molecule has 0 aromatic heterocycles. The van der Waals surface area contributed by atoms with Gasteiger partial charge < -0.3 is 5.11 Å². The van der Waals surface area contributed by atoms with Gasteiger partial charge in [0.1, 0.15) is 0 Å². The molecule has 3 rings (SSSR count). The predicted molar refractivity (Wildman–Crippen MR) is 84.3 cm³/mol. The van der Waals surface area contributed by atoms with Crippen LogP contribution in [0.2, 0.25) is 5.02 Å². The summed E-state index contributed by atoms with van der Waals surface area (Å²) in [6.45, 7) is 0. The summed E-state index contributed by atoms with van der Waals surface area (Å²) in [5.41, 5.74) is -0.279. The molecule has 8 nitrogen and oxygen atoms in total. The number of aromatic hydroxyl groups is 1. The molecule has 0 atom stereocenters. The Morgan fingerprint density at radius 3 is 2.29 bits per heavy atom. The van der Waals surface area contributed by atoms with E-state index in [1.165, 1.54) is 18.2 Å². The van der Waals surface area contributed by atoms with Crippen LogP contribution >= 0.6 is 11.6 Å². The fourth-order valence-corrected chi connectivity index (χ4v) is 2.47. The molecule has 0 radical (unpaired) electrons. The van der Waals surface area contributed by atoms with E-state index in [2.05, 4.69) is 5.10 Å². The lowest BCUT2D eigenvalue weighted by molar-refractivity contribution is -0.385. The average molecular weight is 346 g/mol. The van der Waals surface area contributed by atoms with E-state index in [9.17, 15) is 24.8 Å². The highest BCUT2D eigenvalue weighted by Gasteiger charge is 2.35. The Kier molecular flexibility index (Phi) is 3.74. The molecule has 2 amide bonds. The summed E-state index contributed by atoms with van der Waals surface area (Å²) in [6.07, 6.45) is 0.968. The van der Waals surface area contributed by atoms with Gasteiger partial charge >= 0.3 is 5.69 Å². The fourth-order valence-electron chi connectivity index (χ4n) is 2.24. The topological polar surface area (TPSA) is 113 Å². The number of nitrogens with zero attached hydrogens (tertiary/aromatic N) is 3. The van der Waals surface area contributed by atoms with Gasteiger partial charge in [-0.2, -0.15) is 10.1 Å². The number of hydrogen-bond donors (Lipinski definition) is 1. The Morgan fingerprint density at radius 2 is 1.75 bits per heavy atom. The van der Waals surface area contributed by atoms with E-state index in [-0.39, 0.29) is 21.7 Å². The second-order valence-corrected chi connectivity index (χ2v) is 5.27. The van der Waals surface area contributed by atoms with E-state index in [4.69, 9.17) is 11.6 Å². The van der Waals surface area contributed by atoms with Crippen molar-refractivity contribution in [2.24, 2.45) is 5.10 Å². The van der Waals surface area contributed by atoms with Crippen molar-refractivity contribution in [2.75, 3.05) is 0 Å². The normalized spacial score (nSPS) is 13.6. The molecular formula is C15H8ClN3O5. The van der Waals surface area contributed by atoms with Gasteiger partial charge in [0.25, 0.3) is 11.8 Å². The van der Waals surface area contributed by atoms with Crippen LogP contribution in [-0.2, 0) is 0 Å². The maximum Gasteiger partial charge on any atom is 0.312 e. The number of carbonyl (C=O) groups excluding carboxylic acids is 2. The number of imide groups is 1. The lowest BCUT2D eigenvalue weighted by atomic mass is 10.1. The van der Waals surface area contributed by atoms with Crippen LogP contribution in [0.4, 0.5) is 5.69 Å². The summed E-state index contributed by atoms with van der Waals surface area (Å²) in [5.74, 6) is -1.91. The zero-order chi connectivity index (χ0) is 17.4. The number of hydrazone groups is 1. The molecule has 1 aliphatic heterocycles. The number of nitro groups is 1. The smallest absolute Gasteiger partial charge is 0.312 e. The fraction of sp³-hybridized carbons (Fsp3) is 0. The summed E-state index contributed by atoms with van der Waals surface area (Å²) >= 11 is 5.77. The Hall–Kier alpha value is -3.26. The minimum atomic E-state index is -0.805. The third-order valence-corrected chi connectivity index (χ3v) is 3.58. The minimum Gasteiger partial charge on any atom is -0.502 e. The molecule has 1 N–H and O–H groups in total. The molecule has 9 heteroatoms. The molecule has 0 bridgehead atoms. The zero-order valence-corrected chi connectivity index (χ0v) is 12.6. The largest absolute Gasteiger partial charge is 0.502 e. The van der Waals surface area contributed by atoms with Crippen LogP contribution in [0.5, 0.6) is 5.75 Å². The minimum absolute atomic E-state index is 0.00307. The van der Waals surface area contributed by atoms with Crippen LogP contribution in [0.3, 0.4) is 0 Å². The van der Waals surface area contributed by atoms with Gasteiger partial charge in [-0.05, 0) is 18.2 Å². The van der Waals surface area contributed by atoms with Crippen molar-refractivity contribution in [1.29, 1.82) is 0 Å². The number of carbonyl (C=O) groups is 2. The summed E-state index contributed by atoms with van der Waals surface area (Å²) in [4.78, 5) is 34.4. The van der Waals surface area contributed by atoms with Gasteiger partial charge in [0, 0.05) is 16.7 Å². The standard InChI is InChI=1S/C15H8ClN3O5/c16-9-5-8(13(20)12(6-9)19(23)24)7-17-18-14(21)10-3-1-2-4-11(10)15(18)22/h1-7,20H. The van der Waals surface area contributed by atoms with Gasteiger partial charge in [0.05, 0.1) is 22.3 Å². The quantitative estimate of drug-likeness (QED) is 0.397. The number of hydrogen-bond acceptors (Lipinski definition) is 6. The first kappa shape index (κ1) is 15.6. The van der Waals surface area contributed by atoms with E-state index >= 15 is 0 Å². The Balaban J connectivity index is 1.97. The van der Waals surface area contributed by atoms with Gasteiger partial charge in [-0.15, -0.1) is 0 Å². The molecule has 0 saturated carbocycles. The van der Waals surface area contributed by atoms with Gasteiger partial charge in [0.2, 0.25) is 5.75 Å². The van der Waals surface area contributed by atoms with Crippen molar-refractivity contribution in [3.63, 3.8) is 0 Å². The number of halogens is 1. The zero-order valence-electron chi connectivity index (χ0n) is 11.8. The van der Waals surface area contributed by atoms with Gasteiger partial charge in [-0.1, -0.05) is 23.7 Å². The Bertz CT molecular complexity index is 890. The molecule has 0 fully saturated rings. The second kappa shape index (κ2) is 5.74. The molecule has 2 aromatic carbocycles. The Morgan fingerprint density at radius 1 is 1.17 bits per heavy atom. The molecule has 0 aliphatic carbocycles. The van der Waals surface area contributed by atoms with Crippen molar-refractivity contribution in [3.05, 3.63) is 68.2 Å². The number of amides is 2. The van der Waals surface area contributed by atoms with E-state index in [1.807, 2.05) is 0 Å². The highest BCUT2D eigenvalue weighted by Crippen LogP contribution is 2.32. The highest BCUT2D eigenvalue weighted by molar-refractivity contribution is 6.31. The van der Waals surface area contributed by atoms with E-state index in [1.54, 1.807) is 12.1 Å². The number of phenols is 1. The molecule has 0 saturated heterocycles. The van der Waals surface area contributed by atoms with Crippen LogP contribution in [0.15, 0.2) is 41.5 Å². The molecule has 120 valence electrons. The molecule has 0 spiro atoms. The van der Waals surface area contributed by atoms with Crippen LogP contribution in [0.25, 0.3) is 0 Å². The first-order valence-electron chi connectivity index (χ1n) is 6.59. The van der Waals surface area contributed by atoms with E-state index in [0.717, 1.165) is 12.3 Å². The first-order chi connectivity index (χ1) is 11.4. The molecule has 1 heterocycles. The maximum atomic E-state index is 12.1. The number of rotatable bonds is 3. The molecule has 2 aromatic rings. The van der Waals surface area contributed by atoms with Crippen molar-refractivity contribution in [3.8, 4) is 5.75 Å². The van der Waals surface area contributed by atoms with Crippen LogP contribution in [0, 0.1) is 10.1 Å². The summed E-state index contributed by atoms with van der Waals surface area (Å²) < 4.78 is 0. The predicted octanol–water partition coefficient (Wildman–Crippen LogP) is 2.58. The van der Waals surface area contributed by atoms with Crippen molar-refractivity contribution in [2.45, 2.75) is 0 Å². The highest BCUT2D eigenvalue weighted by atomic mass is 35.5.